The fourth-order valence-electron chi connectivity index (χ4n) is 10.0. The molecule has 0 radical (unpaired) electrons. The molecule has 1 atom stereocenters. The van der Waals surface area contributed by atoms with Crippen molar-refractivity contribution in [3.05, 3.63) is 275 Å². The zero-order chi connectivity index (χ0) is 72.3. The summed E-state index contributed by atoms with van der Waals surface area (Å²) >= 11 is 6.56. The molecular weight excluding hydrogens is 1360 g/mol. The maximum Gasteiger partial charge on any atom is 0.337 e. The number of ether oxygens (including phenoxy) is 3. The predicted molar refractivity (Wildman–Crippen MR) is 399 cm³/mol. The summed E-state index contributed by atoms with van der Waals surface area (Å²) in [6.07, 6.45) is 2.50. The molecule has 9 aromatic rings. The molecule has 514 valence electrons. The van der Waals surface area contributed by atoms with E-state index < -0.39 is 11.9 Å². The fraction of sp³-hybridized carbons (Fsp3) is 0.263. The third-order valence-corrected chi connectivity index (χ3v) is 15.6. The summed E-state index contributed by atoms with van der Waals surface area (Å²) in [7, 11) is 20.1. The van der Waals surface area contributed by atoms with Gasteiger partial charge in [0.25, 0.3) is 5.91 Å². The minimum atomic E-state index is -0.890. The lowest BCUT2D eigenvalue weighted by molar-refractivity contribution is 0.0591. The first-order chi connectivity index (χ1) is 46.4. The molecule has 1 aromatic heterocycles. The summed E-state index contributed by atoms with van der Waals surface area (Å²) in [5, 5.41) is 12.4. The Morgan fingerprint density at radius 3 is 1.13 bits per heavy atom. The van der Waals surface area contributed by atoms with Gasteiger partial charge in [-0.25, -0.2) is 19.2 Å². The molecule has 0 bridgehead atoms. The van der Waals surface area contributed by atoms with Gasteiger partial charge >= 0.3 is 23.9 Å². The Bertz CT molecular complexity index is 4140. The maximum absolute atomic E-state index is 13.0. The first-order valence-corrected chi connectivity index (χ1v) is 33.0. The van der Waals surface area contributed by atoms with Gasteiger partial charge in [-0.3, -0.25) is 14.6 Å². The fourth-order valence-corrected chi connectivity index (χ4v) is 11.1. The van der Waals surface area contributed by atoms with Crippen molar-refractivity contribution in [2.24, 2.45) is 0 Å². The number of aldehydes is 1. The van der Waals surface area contributed by atoms with Crippen LogP contribution >= 0.6 is 31.9 Å². The van der Waals surface area contributed by atoms with Crippen molar-refractivity contribution in [1.82, 2.24) is 29.9 Å². The number of aryl methyl sites for hydroxylation is 4. The number of pyridine rings is 1. The smallest absolute Gasteiger partial charge is 0.337 e. The molecule has 0 saturated carbocycles. The number of hydrogen-bond acceptors (Lipinski definition) is 14. The molecule has 98 heavy (non-hydrogen) atoms. The zero-order valence-electron chi connectivity index (χ0n) is 58.9. The minimum absolute atomic E-state index is 0.0768. The van der Waals surface area contributed by atoms with Gasteiger partial charge in [0.05, 0.1) is 49.6 Å². The van der Waals surface area contributed by atoms with E-state index in [1.807, 2.05) is 166 Å². The molecule has 0 saturated heterocycles. The lowest BCUT2D eigenvalue weighted by Gasteiger charge is -2.17. The van der Waals surface area contributed by atoms with E-state index in [0.717, 1.165) is 97.5 Å². The molecule has 0 aliphatic rings. The molecule has 1 amide bonds. The van der Waals surface area contributed by atoms with E-state index in [0.29, 0.717) is 44.1 Å². The highest BCUT2D eigenvalue weighted by Gasteiger charge is 2.17. The molecule has 2 N–H and O–H groups in total. The number of carbonyl (C=O) groups excluding carboxylic acids is 5. The van der Waals surface area contributed by atoms with Crippen molar-refractivity contribution < 1.29 is 48.1 Å². The SMILES string of the molecule is COC(=O)c1cc(Br)cc(C=O)c1.COC(=O)c1cc(Br)cc(CN(C)C)c1.COC(=O)c1cc(CN(C)C)cc(-c2ccc(C)cc2)c1.Cc1ccc(-c2cc(CN(C)C)cc(C(=O)N[C@H](C)c3ccc(C)nc3)c2)cc1.Cc1ccc(-c2cc(CN(C)C)cc(C(=O)O)c2)cc1. The third-order valence-electron chi connectivity index (χ3n) is 14.7. The van der Waals surface area contributed by atoms with Crippen molar-refractivity contribution in [3.63, 3.8) is 0 Å². The Morgan fingerprint density at radius 2 is 0.776 bits per heavy atom. The summed E-state index contributed by atoms with van der Waals surface area (Å²) in [4.78, 5) is 81.6. The Labute approximate surface area is 594 Å². The number of nitrogens with one attached hydrogen (secondary N) is 1. The molecule has 1 heterocycles. The quantitative estimate of drug-likeness (QED) is 0.0442. The van der Waals surface area contributed by atoms with E-state index >= 15 is 0 Å². The van der Waals surface area contributed by atoms with Gasteiger partial charge in [0.1, 0.15) is 6.29 Å². The topological polar surface area (TPSA) is 188 Å². The average Bonchev–Trinajstić information content (AvgIpc) is 0.836. The lowest BCUT2D eigenvalue weighted by Crippen LogP contribution is -2.27. The van der Waals surface area contributed by atoms with E-state index in [2.05, 4.69) is 142 Å². The Morgan fingerprint density at radius 1 is 0.439 bits per heavy atom. The standard InChI is InChI=1S/C25H29N3O.C18H21NO2.C17H19NO2.C11H14BrNO2.C9H7BrO3/c1-17-6-9-21(10-7-17)23-12-20(16-28(4)5)13-24(14-23)25(29)27-19(3)22-11-8-18(2)26-15-22;1-13-5-7-15(8-6-13)16-9-14(12-19(2)3)10-17(11-16)18(20)21-4;1-12-4-6-14(7-5-12)15-8-13(11-18(2)3)9-16(10-15)17(19)20;1-13(2)7-8-4-9(11(14)15-3)6-10(12)5-8;1-13-9(12)7-2-6(5-11)3-8(10)4-7/h6-15,19H,16H2,1-5H3,(H,27,29);5-11H,12H2,1-4H3;4-10H,11H2,1-3H3,(H,19,20);4-6H,7H2,1-3H3;2-5H,1H3/t19-;;;;/m1..../s1. The number of carboxylic acid groups (broad SMARTS) is 1. The maximum atomic E-state index is 13.0. The molecule has 0 aliphatic heterocycles. The Balaban J connectivity index is 0.000000227. The van der Waals surface area contributed by atoms with E-state index in [4.69, 9.17) is 4.74 Å². The number of aromatic carboxylic acids is 1. The summed E-state index contributed by atoms with van der Waals surface area (Å²) in [5.41, 5.74) is 19.1. The lowest BCUT2D eigenvalue weighted by atomic mass is 9.98. The number of aromatic nitrogens is 1. The van der Waals surface area contributed by atoms with Crippen LogP contribution in [0.5, 0.6) is 0 Å². The second-order valence-corrected chi connectivity index (χ2v) is 26.6. The zero-order valence-corrected chi connectivity index (χ0v) is 62.1. The monoisotopic (exact) mass is 1450 g/mol. The summed E-state index contributed by atoms with van der Waals surface area (Å²) in [6, 6.07) is 56.5. The van der Waals surface area contributed by atoms with E-state index in [9.17, 15) is 33.9 Å². The second-order valence-electron chi connectivity index (χ2n) is 24.8. The van der Waals surface area contributed by atoms with Gasteiger partial charge < -0.3 is 44.2 Å². The summed E-state index contributed by atoms with van der Waals surface area (Å²) in [5.74, 6) is -2.03. The van der Waals surface area contributed by atoms with Gasteiger partial charge in [0.2, 0.25) is 0 Å². The number of amides is 1. The third kappa shape index (κ3) is 26.6. The number of hydrogen-bond donors (Lipinski definition) is 2. The van der Waals surface area contributed by atoms with Crippen LogP contribution in [0.1, 0.15) is 125 Å². The Kier molecular flexibility index (Phi) is 31.8. The number of carbonyl (C=O) groups is 6. The highest BCUT2D eigenvalue weighted by molar-refractivity contribution is 9.10. The van der Waals surface area contributed by atoms with Crippen LogP contribution in [0.4, 0.5) is 0 Å². The number of esters is 3. The Hall–Kier alpha value is -9.27. The number of carboxylic acids is 1. The van der Waals surface area contributed by atoms with Crippen LogP contribution in [0.3, 0.4) is 0 Å². The number of halogens is 2. The van der Waals surface area contributed by atoms with E-state index in [-0.39, 0.29) is 23.9 Å². The largest absolute Gasteiger partial charge is 0.478 e. The molecule has 8 aromatic carbocycles. The molecule has 0 spiro atoms. The van der Waals surface area contributed by atoms with Crippen molar-refractivity contribution in [3.8, 4) is 33.4 Å². The average molecular weight is 1460 g/mol. The molecule has 0 fully saturated rings. The number of rotatable bonds is 19. The normalized spacial score (nSPS) is 10.9. The molecule has 16 nitrogen and oxygen atoms in total. The van der Waals surface area contributed by atoms with Gasteiger partial charge in [0, 0.05) is 58.1 Å². The molecule has 9 rings (SSSR count). The molecular formula is C80H90Br2N6O10. The van der Waals surface area contributed by atoms with Crippen LogP contribution in [0.2, 0.25) is 0 Å². The highest BCUT2D eigenvalue weighted by Crippen LogP contribution is 2.28. The van der Waals surface area contributed by atoms with Crippen LogP contribution in [-0.4, -0.2) is 143 Å². The van der Waals surface area contributed by atoms with Gasteiger partial charge in [-0.1, -0.05) is 127 Å². The summed E-state index contributed by atoms with van der Waals surface area (Å²) in [6.45, 7) is 13.2. The van der Waals surface area contributed by atoms with Crippen molar-refractivity contribution in [2.45, 2.75) is 66.8 Å². The van der Waals surface area contributed by atoms with E-state index in [1.54, 1.807) is 30.3 Å². The number of nitrogens with zero attached hydrogens (tertiary/aromatic N) is 5. The van der Waals surface area contributed by atoms with Crippen LogP contribution < -0.4 is 5.32 Å². The first kappa shape index (κ1) is 79.4. The molecule has 0 aliphatic carbocycles. The van der Waals surface area contributed by atoms with Crippen molar-refractivity contribution >= 4 is 67.9 Å². The van der Waals surface area contributed by atoms with Gasteiger partial charge in [-0.05, 0) is 249 Å². The van der Waals surface area contributed by atoms with Crippen LogP contribution in [-0.2, 0) is 40.4 Å². The second kappa shape index (κ2) is 39.2. The minimum Gasteiger partial charge on any atom is -0.478 e. The van der Waals surface area contributed by atoms with Crippen LogP contribution in [0.15, 0.2) is 191 Å². The highest BCUT2D eigenvalue weighted by atomic mass is 79.9. The molecule has 0 unspecified atom stereocenters. The van der Waals surface area contributed by atoms with Gasteiger partial charge in [-0.15, -0.1) is 0 Å². The van der Waals surface area contributed by atoms with Crippen LogP contribution in [0, 0.1) is 27.7 Å². The number of methoxy groups -OCH3 is 3. The number of benzene rings is 8. The summed E-state index contributed by atoms with van der Waals surface area (Å²) < 4.78 is 15.6. The van der Waals surface area contributed by atoms with Crippen molar-refractivity contribution in [2.75, 3.05) is 77.7 Å². The van der Waals surface area contributed by atoms with Crippen LogP contribution in [0.25, 0.3) is 33.4 Å². The predicted octanol–water partition coefficient (Wildman–Crippen LogP) is 16.2. The van der Waals surface area contributed by atoms with Crippen molar-refractivity contribution in [1.29, 1.82) is 0 Å². The molecule has 18 heteroatoms. The van der Waals surface area contributed by atoms with E-state index in [1.165, 1.54) is 44.1 Å². The van der Waals surface area contributed by atoms with Gasteiger partial charge in [-0.2, -0.15) is 0 Å². The van der Waals surface area contributed by atoms with Gasteiger partial charge in [0.15, 0.2) is 0 Å². The first-order valence-electron chi connectivity index (χ1n) is 31.5.